The fourth-order valence-corrected chi connectivity index (χ4v) is 3.04. The minimum absolute atomic E-state index is 0.0399. The molecule has 0 unspecified atom stereocenters. The first kappa shape index (κ1) is 15.7. The molecular weight excluding hydrogens is 310 g/mol. The van der Waals surface area contributed by atoms with E-state index < -0.39 is 0 Å². The van der Waals surface area contributed by atoms with E-state index in [1.165, 1.54) is 0 Å². The number of aromatic nitrogens is 2. The summed E-state index contributed by atoms with van der Waals surface area (Å²) in [5.41, 5.74) is 3.40. The van der Waals surface area contributed by atoms with Crippen LogP contribution >= 0.6 is 11.6 Å². The molecule has 23 heavy (non-hydrogen) atoms. The van der Waals surface area contributed by atoms with Crippen molar-refractivity contribution < 1.29 is 5.32 Å². The van der Waals surface area contributed by atoms with Crippen LogP contribution in [0.4, 0.5) is 0 Å². The molecule has 5 heteroatoms. The minimum atomic E-state index is -0.0399. The first-order valence-electron chi connectivity index (χ1n) is 7.62. The standard InChI is InChI=1S/C18H18ClN3O/c1-12-6-5-9-17-21-14(10-18(23)22(12)17)11-20-13(2)15-7-3-4-8-16(15)19/h3-10,13,20H,11H2,1-2H3/p+1/t13-/m1/s1. The summed E-state index contributed by atoms with van der Waals surface area (Å²) in [7, 11) is 0. The van der Waals surface area contributed by atoms with E-state index >= 15 is 0 Å². The van der Waals surface area contributed by atoms with Crippen molar-refractivity contribution in [2.45, 2.75) is 26.4 Å². The van der Waals surface area contributed by atoms with Crippen LogP contribution in [0, 0.1) is 6.92 Å². The highest BCUT2D eigenvalue weighted by Gasteiger charge is 2.13. The molecule has 0 aliphatic rings. The Morgan fingerprint density at radius 2 is 2.00 bits per heavy atom. The fraction of sp³-hybridized carbons (Fsp3) is 0.222. The van der Waals surface area contributed by atoms with E-state index in [1.54, 1.807) is 10.5 Å². The summed E-state index contributed by atoms with van der Waals surface area (Å²) in [6, 6.07) is 15.3. The summed E-state index contributed by atoms with van der Waals surface area (Å²) in [4.78, 5) is 16.9. The Bertz CT molecular complexity index is 904. The number of quaternary nitrogens is 1. The lowest BCUT2D eigenvalue weighted by Crippen LogP contribution is -2.83. The number of nitrogens with two attached hydrogens (primary N) is 1. The Labute approximate surface area is 139 Å². The highest BCUT2D eigenvalue weighted by molar-refractivity contribution is 6.31. The maximum atomic E-state index is 12.3. The Morgan fingerprint density at radius 3 is 2.78 bits per heavy atom. The van der Waals surface area contributed by atoms with Crippen LogP contribution in [0.3, 0.4) is 0 Å². The number of fused-ring (bicyclic) bond motifs is 1. The number of rotatable bonds is 4. The predicted octanol–water partition coefficient (Wildman–Crippen LogP) is 2.48. The molecule has 2 N–H and O–H groups in total. The molecule has 2 heterocycles. The van der Waals surface area contributed by atoms with Gasteiger partial charge in [0.2, 0.25) is 0 Å². The van der Waals surface area contributed by atoms with E-state index in [9.17, 15) is 4.79 Å². The monoisotopic (exact) mass is 328 g/mol. The average molecular weight is 329 g/mol. The summed E-state index contributed by atoms with van der Waals surface area (Å²) in [6.07, 6.45) is 0. The molecule has 0 saturated carbocycles. The van der Waals surface area contributed by atoms with Crippen molar-refractivity contribution in [3.05, 3.63) is 80.9 Å². The zero-order chi connectivity index (χ0) is 16.4. The van der Waals surface area contributed by atoms with Crippen LogP contribution in [-0.4, -0.2) is 9.38 Å². The molecule has 0 saturated heterocycles. The molecule has 0 radical (unpaired) electrons. The molecule has 2 aromatic heterocycles. The van der Waals surface area contributed by atoms with E-state index in [2.05, 4.69) is 17.2 Å². The van der Waals surface area contributed by atoms with Crippen molar-refractivity contribution in [1.82, 2.24) is 9.38 Å². The van der Waals surface area contributed by atoms with Gasteiger partial charge in [0.15, 0.2) is 0 Å². The van der Waals surface area contributed by atoms with Crippen LogP contribution < -0.4 is 10.9 Å². The van der Waals surface area contributed by atoms with Gasteiger partial charge in [0.1, 0.15) is 23.9 Å². The van der Waals surface area contributed by atoms with Crippen LogP contribution in [0.15, 0.2) is 53.3 Å². The molecule has 0 aliphatic carbocycles. The highest BCUT2D eigenvalue weighted by atomic mass is 35.5. The summed E-state index contributed by atoms with van der Waals surface area (Å²) < 4.78 is 1.63. The van der Waals surface area contributed by atoms with Gasteiger partial charge in [-0.2, -0.15) is 0 Å². The van der Waals surface area contributed by atoms with Crippen LogP contribution in [-0.2, 0) is 6.54 Å². The van der Waals surface area contributed by atoms with Crippen molar-refractivity contribution in [2.75, 3.05) is 0 Å². The van der Waals surface area contributed by atoms with Gasteiger partial charge >= 0.3 is 0 Å². The van der Waals surface area contributed by atoms with Crippen LogP contribution in [0.1, 0.15) is 29.9 Å². The number of nitrogens with zero attached hydrogens (tertiary/aromatic N) is 2. The molecule has 118 valence electrons. The second-order valence-electron chi connectivity index (χ2n) is 5.70. The molecular formula is C18H19ClN3O+. The number of pyridine rings is 1. The topological polar surface area (TPSA) is 51.0 Å². The first-order chi connectivity index (χ1) is 11.1. The van der Waals surface area contributed by atoms with Crippen molar-refractivity contribution in [1.29, 1.82) is 0 Å². The summed E-state index contributed by atoms with van der Waals surface area (Å²) in [5, 5.41) is 2.90. The lowest BCUT2D eigenvalue weighted by atomic mass is 10.1. The summed E-state index contributed by atoms with van der Waals surface area (Å²) in [6.45, 7) is 4.63. The predicted molar refractivity (Wildman–Crippen MR) is 91.7 cm³/mol. The molecule has 3 rings (SSSR count). The average Bonchev–Trinajstić information content (AvgIpc) is 2.53. The highest BCUT2D eigenvalue weighted by Crippen LogP contribution is 2.19. The normalized spacial score (nSPS) is 12.5. The van der Waals surface area contributed by atoms with Crippen molar-refractivity contribution in [3.63, 3.8) is 0 Å². The van der Waals surface area contributed by atoms with Gasteiger partial charge in [-0.1, -0.05) is 35.9 Å². The largest absolute Gasteiger partial charge is 0.335 e. The third-order valence-corrected chi connectivity index (χ3v) is 4.35. The van der Waals surface area contributed by atoms with Gasteiger partial charge in [0.05, 0.1) is 0 Å². The molecule has 1 atom stereocenters. The second-order valence-corrected chi connectivity index (χ2v) is 6.10. The molecule has 4 nitrogen and oxygen atoms in total. The Balaban J connectivity index is 1.83. The van der Waals surface area contributed by atoms with E-state index in [0.717, 1.165) is 22.0 Å². The molecule has 0 bridgehead atoms. The van der Waals surface area contributed by atoms with Crippen molar-refractivity contribution in [3.8, 4) is 0 Å². The maximum absolute atomic E-state index is 12.3. The molecule has 0 amide bonds. The Kier molecular flexibility index (Phi) is 4.46. The number of aryl methyl sites for hydroxylation is 1. The number of hydrogen-bond donors (Lipinski definition) is 1. The molecule has 0 spiro atoms. The van der Waals surface area contributed by atoms with Gasteiger partial charge in [-0.05, 0) is 32.0 Å². The quantitative estimate of drug-likeness (QED) is 0.800. The zero-order valence-electron chi connectivity index (χ0n) is 13.2. The van der Waals surface area contributed by atoms with E-state index in [1.807, 2.05) is 49.4 Å². The van der Waals surface area contributed by atoms with Gasteiger partial charge in [-0.15, -0.1) is 0 Å². The Morgan fingerprint density at radius 1 is 1.22 bits per heavy atom. The van der Waals surface area contributed by atoms with Gasteiger partial charge in [-0.25, -0.2) is 4.98 Å². The SMILES string of the molecule is Cc1cccc2nc(C[NH2+][C@H](C)c3ccccc3Cl)cc(=O)n12. The molecule has 0 aliphatic heterocycles. The number of benzene rings is 1. The third-order valence-electron chi connectivity index (χ3n) is 4.01. The van der Waals surface area contributed by atoms with Gasteiger partial charge in [0, 0.05) is 22.3 Å². The number of hydrogen-bond acceptors (Lipinski definition) is 2. The fourth-order valence-electron chi connectivity index (χ4n) is 2.74. The van der Waals surface area contributed by atoms with Crippen molar-refractivity contribution in [2.24, 2.45) is 0 Å². The summed E-state index contributed by atoms with van der Waals surface area (Å²) >= 11 is 6.23. The third kappa shape index (κ3) is 3.28. The lowest BCUT2D eigenvalue weighted by molar-refractivity contribution is -0.708. The van der Waals surface area contributed by atoms with Gasteiger partial charge < -0.3 is 5.32 Å². The van der Waals surface area contributed by atoms with Crippen LogP contribution in [0.25, 0.3) is 5.65 Å². The molecule has 3 aromatic rings. The van der Waals surface area contributed by atoms with Crippen LogP contribution in [0.2, 0.25) is 5.02 Å². The number of halogens is 1. The Hall–Kier alpha value is -2.17. The summed E-state index contributed by atoms with van der Waals surface area (Å²) in [5.74, 6) is 0. The smallest absolute Gasteiger partial charge is 0.258 e. The minimum Gasteiger partial charge on any atom is -0.335 e. The molecule has 1 aromatic carbocycles. The van der Waals surface area contributed by atoms with Gasteiger partial charge in [0.25, 0.3) is 5.56 Å². The second kappa shape index (κ2) is 6.52. The van der Waals surface area contributed by atoms with Crippen molar-refractivity contribution >= 4 is 17.2 Å². The van der Waals surface area contributed by atoms with Gasteiger partial charge in [-0.3, -0.25) is 9.20 Å². The maximum Gasteiger partial charge on any atom is 0.258 e. The first-order valence-corrected chi connectivity index (χ1v) is 8.00. The van der Waals surface area contributed by atoms with Crippen LogP contribution in [0.5, 0.6) is 0 Å². The van der Waals surface area contributed by atoms with E-state index in [0.29, 0.717) is 12.2 Å². The van der Waals surface area contributed by atoms with E-state index in [4.69, 9.17) is 11.6 Å². The molecule has 0 fully saturated rings. The zero-order valence-corrected chi connectivity index (χ0v) is 13.9. The van der Waals surface area contributed by atoms with E-state index in [-0.39, 0.29) is 11.6 Å². The lowest BCUT2D eigenvalue weighted by Gasteiger charge is -2.12.